The number of hydrogen-bond acceptors (Lipinski definition) is 6. The molecular formula is C106H58N8OS. The predicted octanol–water partition coefficient (Wildman–Crippen LogP) is 28.3. The summed E-state index contributed by atoms with van der Waals surface area (Å²) in [5.74, 6) is 1.32. The summed E-state index contributed by atoms with van der Waals surface area (Å²) in [5, 5.41) is 22.0. The van der Waals surface area contributed by atoms with E-state index in [0.717, 1.165) is 116 Å². The first-order valence-electron chi connectivity index (χ1n) is 39.5. The Labute approximate surface area is 663 Å². The van der Waals surface area contributed by atoms with Crippen molar-refractivity contribution in [2.45, 2.75) is 0 Å². The van der Waals surface area contributed by atoms with Gasteiger partial charge in [0.1, 0.15) is 16.8 Å². The molecule has 116 heavy (non-hydrogen) atoms. The summed E-state index contributed by atoms with van der Waals surface area (Å²) >= 11 is 1.76. The van der Waals surface area contributed by atoms with Crippen LogP contribution in [0.1, 0.15) is 0 Å². The molecule has 10 heteroatoms. The van der Waals surface area contributed by atoms with Crippen molar-refractivity contribution in [1.82, 2.24) is 37.9 Å². The molecule has 0 aliphatic carbocycles. The van der Waals surface area contributed by atoms with E-state index in [-0.39, 0.29) is 0 Å². The number of fused-ring (bicyclic) bond motifs is 30. The second-order valence-corrected chi connectivity index (χ2v) is 32.1. The van der Waals surface area contributed by atoms with Gasteiger partial charge in [-0.1, -0.05) is 231 Å². The predicted molar refractivity (Wildman–Crippen MR) is 483 cm³/mol. The van der Waals surface area contributed by atoms with Gasteiger partial charge < -0.3 is 22.4 Å². The average molecular weight is 1490 g/mol. The molecule has 0 spiro atoms. The summed E-state index contributed by atoms with van der Waals surface area (Å²) in [5.41, 5.74) is 27.4. The van der Waals surface area contributed by atoms with Gasteiger partial charge in [-0.3, -0.25) is 0 Å². The fourth-order valence-electron chi connectivity index (χ4n) is 20.0. The Balaban J connectivity index is 0.567. The lowest BCUT2D eigenvalue weighted by atomic mass is 9.95. The summed E-state index contributed by atoms with van der Waals surface area (Å²) in [6.45, 7) is 0. The van der Waals surface area contributed by atoms with Gasteiger partial charge in [0.25, 0.3) is 0 Å². The first-order valence-corrected chi connectivity index (χ1v) is 40.3. The van der Waals surface area contributed by atoms with Crippen LogP contribution in [0.3, 0.4) is 0 Å². The van der Waals surface area contributed by atoms with Gasteiger partial charge in [-0.25, -0.2) is 19.9 Å². The van der Waals surface area contributed by atoms with Crippen LogP contribution in [0, 0.1) is 0 Å². The van der Waals surface area contributed by atoms with Crippen molar-refractivity contribution in [2.75, 3.05) is 0 Å². The smallest absolute Gasteiger partial charge is 0.180 e. The van der Waals surface area contributed by atoms with E-state index in [2.05, 4.69) is 346 Å². The number of para-hydroxylation sites is 5. The van der Waals surface area contributed by atoms with Crippen LogP contribution in [0.4, 0.5) is 0 Å². The van der Waals surface area contributed by atoms with E-state index in [4.69, 9.17) is 24.4 Å². The van der Waals surface area contributed by atoms with Gasteiger partial charge in [0.2, 0.25) is 0 Å². The molecule has 0 aliphatic heterocycles. The first-order chi connectivity index (χ1) is 57.5. The highest BCUT2D eigenvalue weighted by Crippen LogP contribution is 2.52. The van der Waals surface area contributed by atoms with E-state index in [1.807, 2.05) is 24.3 Å². The Bertz CT molecular complexity index is 8930. The Kier molecular flexibility index (Phi) is 12.4. The fourth-order valence-corrected chi connectivity index (χ4v) is 21.1. The third-order valence-electron chi connectivity index (χ3n) is 25.0. The van der Waals surface area contributed by atoms with Gasteiger partial charge in [0, 0.05) is 114 Å². The van der Waals surface area contributed by atoms with Crippen LogP contribution < -0.4 is 0 Å². The fraction of sp³-hybridized carbons (Fsp3) is 0. The maximum absolute atomic E-state index is 6.59. The highest BCUT2D eigenvalue weighted by Gasteiger charge is 2.30. The number of benzene rings is 17. The second kappa shape index (κ2) is 23.2. The number of thiophene rings is 1. The molecule has 534 valence electrons. The largest absolute Gasteiger partial charge is 0.452 e. The van der Waals surface area contributed by atoms with E-state index in [1.54, 1.807) is 11.3 Å². The third-order valence-corrected chi connectivity index (χ3v) is 26.2. The number of aromatic nitrogens is 8. The molecule has 0 radical (unpaired) electrons. The van der Waals surface area contributed by atoms with Crippen molar-refractivity contribution in [3.63, 3.8) is 0 Å². The lowest BCUT2D eigenvalue weighted by Crippen LogP contribution is -1.96. The summed E-state index contributed by atoms with van der Waals surface area (Å²) in [7, 11) is 0. The lowest BCUT2D eigenvalue weighted by Gasteiger charge is -2.11. The zero-order chi connectivity index (χ0) is 75.3. The van der Waals surface area contributed by atoms with E-state index in [1.165, 1.54) is 129 Å². The van der Waals surface area contributed by atoms with Crippen LogP contribution in [-0.2, 0) is 0 Å². The van der Waals surface area contributed by atoms with Crippen molar-refractivity contribution in [1.29, 1.82) is 0 Å². The van der Waals surface area contributed by atoms with Gasteiger partial charge in [-0.15, -0.1) is 11.3 Å². The maximum atomic E-state index is 6.59. The highest BCUT2D eigenvalue weighted by atomic mass is 32.1. The minimum Gasteiger partial charge on any atom is -0.452 e. The highest BCUT2D eigenvalue weighted by molar-refractivity contribution is 7.26. The van der Waals surface area contributed by atoms with Crippen LogP contribution in [0.5, 0.6) is 0 Å². The lowest BCUT2D eigenvalue weighted by molar-refractivity contribution is 0.667. The molecule has 10 aromatic heterocycles. The Morgan fingerprint density at radius 3 is 1.28 bits per heavy atom. The van der Waals surface area contributed by atoms with Crippen LogP contribution >= 0.6 is 11.3 Å². The molecule has 0 bridgehead atoms. The molecule has 27 aromatic rings. The molecular weight excluding hydrogens is 1430 g/mol. The Morgan fingerprint density at radius 1 is 0.241 bits per heavy atom. The monoisotopic (exact) mass is 1490 g/mol. The SMILES string of the molecule is c1ccc(-c2ccc(-c3nc(-c4ccc(-n5c6ccccc6c6c7c8c9ccc(-c%10ccc(-c%11nc(-c%12ccc(-n%13c%14ccccc%14c%14c%15c%16c%17ccccc%17ccc%16n%16c%17ccccc%17c(cc%14%13)c%15%16)cc%12)nc%12c%11sc%11ccccc%11%12)cc%10)cc9ccc8n8c9ccccc9c(cc65)c78)cc4)nc4c3oc3ccccc34)cc2)cc1. The summed E-state index contributed by atoms with van der Waals surface area (Å²) in [6.07, 6.45) is 0. The van der Waals surface area contributed by atoms with Crippen LogP contribution in [-0.4, -0.2) is 37.9 Å². The van der Waals surface area contributed by atoms with Gasteiger partial charge in [-0.05, 0) is 165 Å². The van der Waals surface area contributed by atoms with E-state index < -0.39 is 0 Å². The quantitative estimate of drug-likeness (QED) is 0.151. The number of hydrogen-bond donors (Lipinski definition) is 0. The molecule has 17 aromatic carbocycles. The maximum Gasteiger partial charge on any atom is 0.180 e. The summed E-state index contributed by atoms with van der Waals surface area (Å²) < 4.78 is 18.8. The molecule has 9 nitrogen and oxygen atoms in total. The van der Waals surface area contributed by atoms with Crippen molar-refractivity contribution >= 4 is 195 Å². The van der Waals surface area contributed by atoms with Crippen molar-refractivity contribution in [2.24, 2.45) is 0 Å². The van der Waals surface area contributed by atoms with Crippen LogP contribution in [0.2, 0.25) is 0 Å². The molecule has 27 rings (SSSR count). The minimum absolute atomic E-state index is 0.633. The van der Waals surface area contributed by atoms with E-state index in [0.29, 0.717) is 17.2 Å². The van der Waals surface area contributed by atoms with Gasteiger partial charge >= 0.3 is 0 Å². The van der Waals surface area contributed by atoms with Crippen molar-refractivity contribution in [3.05, 3.63) is 352 Å². The van der Waals surface area contributed by atoms with Gasteiger partial charge in [0.05, 0.1) is 71.1 Å². The Hall–Kier alpha value is -15.4. The molecule has 0 saturated heterocycles. The number of furan rings is 1. The topological polar surface area (TPSA) is 83.4 Å². The van der Waals surface area contributed by atoms with Crippen molar-refractivity contribution < 1.29 is 4.42 Å². The molecule has 0 aliphatic rings. The van der Waals surface area contributed by atoms with E-state index in [9.17, 15) is 0 Å². The van der Waals surface area contributed by atoms with Crippen LogP contribution in [0.15, 0.2) is 356 Å². The second-order valence-electron chi connectivity index (χ2n) is 31.0. The first kappa shape index (κ1) is 62.3. The number of nitrogens with zero attached hydrogens (tertiary/aromatic N) is 8. The number of rotatable bonds is 8. The minimum atomic E-state index is 0.633. The molecule has 0 atom stereocenters. The Morgan fingerprint density at radius 2 is 0.672 bits per heavy atom. The normalized spacial score (nSPS) is 12.5. The molecule has 0 N–H and O–H groups in total. The molecule has 0 saturated carbocycles. The molecule has 0 unspecified atom stereocenters. The molecule has 0 amide bonds. The molecule has 0 fully saturated rings. The van der Waals surface area contributed by atoms with Crippen molar-refractivity contribution in [3.8, 4) is 78.9 Å². The zero-order valence-corrected chi connectivity index (χ0v) is 62.7. The summed E-state index contributed by atoms with van der Waals surface area (Å²) in [4.78, 5) is 21.7. The van der Waals surface area contributed by atoms with Gasteiger partial charge in [0.15, 0.2) is 17.2 Å². The standard InChI is InChI=1S/C106H58N8OS/c1-2-18-59(19-3-1)60-34-38-63(39-35-60)97-103-99(77-26-10-16-32-89(77)115-103)109-105(107-97)65-42-49-69(50-43-65)112-84-31-15-9-25-76(84)94-88(112)58-80-74-23-7-13-29-82(74)114-86-55-48-68-56-67(46-53-72(68)92(86)96(94)102(80)114)61-36-40-64(41-37-61)98-104-100(78-27-11-17-33-90(78)116-104)110-106(108-98)66-44-51-70(52-45-66)111-83-30-14-8-24-75(83)93-87(111)57-79-73-22-6-12-28-81(73)113-85-54-47-62-20-4-5-21-71(62)91(85)95(93)101(79)113/h1-58H. The third kappa shape index (κ3) is 8.50. The van der Waals surface area contributed by atoms with E-state index >= 15 is 0 Å². The van der Waals surface area contributed by atoms with Gasteiger partial charge in [-0.2, -0.15) is 0 Å². The average Bonchev–Trinajstić information content (AvgIpc) is 1.51. The molecule has 10 heterocycles. The summed E-state index contributed by atoms with van der Waals surface area (Å²) in [6, 6.07) is 128. The zero-order valence-electron chi connectivity index (χ0n) is 61.9. The van der Waals surface area contributed by atoms with Crippen LogP contribution in [0.25, 0.3) is 263 Å².